The lowest BCUT2D eigenvalue weighted by Crippen LogP contribution is -2.29. The fraction of sp³-hybridized carbons (Fsp3) is 0.417. The quantitative estimate of drug-likeness (QED) is 0.756. The fourth-order valence-electron chi connectivity index (χ4n) is 1.33. The van der Waals surface area contributed by atoms with Crippen molar-refractivity contribution in [1.29, 1.82) is 0 Å². The van der Waals surface area contributed by atoms with E-state index in [1.807, 2.05) is 43.9 Å². The fourth-order valence-corrected chi connectivity index (χ4v) is 2.08. The topological polar surface area (TPSA) is 35.5 Å². The Morgan fingerprint density at radius 3 is 2.56 bits per heavy atom. The van der Waals surface area contributed by atoms with E-state index in [1.54, 1.807) is 7.11 Å². The molecule has 0 saturated heterocycles. The SMILES string of the molecule is COc1cccc(CC(=O)O[Si](C)(C)C)c1. The van der Waals surface area contributed by atoms with E-state index in [2.05, 4.69) is 0 Å². The zero-order valence-electron chi connectivity index (χ0n) is 10.2. The van der Waals surface area contributed by atoms with Gasteiger partial charge in [-0.1, -0.05) is 12.1 Å². The van der Waals surface area contributed by atoms with Crippen molar-refractivity contribution in [2.24, 2.45) is 0 Å². The highest BCUT2D eigenvalue weighted by molar-refractivity contribution is 6.71. The van der Waals surface area contributed by atoms with Crippen LogP contribution in [0.25, 0.3) is 0 Å². The average molecular weight is 238 g/mol. The van der Waals surface area contributed by atoms with Gasteiger partial charge in [0.2, 0.25) is 8.32 Å². The Kier molecular flexibility index (Phi) is 4.12. The molecule has 0 aromatic heterocycles. The third kappa shape index (κ3) is 4.48. The van der Waals surface area contributed by atoms with Gasteiger partial charge >= 0.3 is 0 Å². The molecular weight excluding hydrogens is 220 g/mol. The van der Waals surface area contributed by atoms with Gasteiger partial charge < -0.3 is 9.16 Å². The van der Waals surface area contributed by atoms with E-state index in [1.165, 1.54) is 0 Å². The van der Waals surface area contributed by atoms with E-state index >= 15 is 0 Å². The minimum absolute atomic E-state index is 0.160. The molecule has 0 atom stereocenters. The van der Waals surface area contributed by atoms with Crippen LogP contribution in [0.15, 0.2) is 24.3 Å². The highest BCUT2D eigenvalue weighted by Crippen LogP contribution is 2.14. The van der Waals surface area contributed by atoms with Crippen LogP contribution in [-0.4, -0.2) is 21.4 Å². The van der Waals surface area contributed by atoms with Gasteiger partial charge in [-0.25, -0.2) is 0 Å². The van der Waals surface area contributed by atoms with Gasteiger partial charge in [-0.2, -0.15) is 0 Å². The van der Waals surface area contributed by atoms with Gasteiger partial charge in [0.05, 0.1) is 13.5 Å². The molecule has 0 amide bonds. The molecule has 3 nitrogen and oxygen atoms in total. The van der Waals surface area contributed by atoms with E-state index in [0.29, 0.717) is 6.42 Å². The molecule has 1 aromatic rings. The van der Waals surface area contributed by atoms with Crippen LogP contribution in [0.2, 0.25) is 19.6 Å². The second kappa shape index (κ2) is 5.16. The van der Waals surface area contributed by atoms with Crippen molar-refractivity contribution in [2.45, 2.75) is 26.1 Å². The third-order valence-corrected chi connectivity index (χ3v) is 2.74. The van der Waals surface area contributed by atoms with Crippen molar-refractivity contribution in [1.82, 2.24) is 0 Å². The van der Waals surface area contributed by atoms with Crippen molar-refractivity contribution in [3.8, 4) is 5.75 Å². The van der Waals surface area contributed by atoms with Crippen LogP contribution in [0.5, 0.6) is 5.75 Å². The Hall–Kier alpha value is -1.29. The van der Waals surface area contributed by atoms with Gasteiger partial charge in [0.15, 0.2) is 0 Å². The largest absolute Gasteiger partial charge is 0.520 e. The average Bonchev–Trinajstić information content (AvgIpc) is 2.15. The zero-order chi connectivity index (χ0) is 12.2. The van der Waals surface area contributed by atoms with Crippen LogP contribution in [-0.2, 0) is 15.6 Å². The number of carbonyl (C=O) groups is 1. The molecule has 0 N–H and O–H groups in total. The Labute approximate surface area is 97.5 Å². The van der Waals surface area contributed by atoms with Crippen LogP contribution in [0.1, 0.15) is 5.56 Å². The first-order chi connectivity index (χ1) is 7.40. The van der Waals surface area contributed by atoms with Crippen LogP contribution >= 0.6 is 0 Å². The number of methoxy groups -OCH3 is 1. The zero-order valence-corrected chi connectivity index (χ0v) is 11.2. The molecule has 0 aliphatic heterocycles. The Balaban J connectivity index is 2.62. The van der Waals surface area contributed by atoms with Gasteiger partial charge in [0.1, 0.15) is 5.75 Å². The van der Waals surface area contributed by atoms with Crippen molar-refractivity contribution < 1.29 is 14.0 Å². The predicted octanol–water partition coefficient (Wildman–Crippen LogP) is 2.62. The second-order valence-corrected chi connectivity index (χ2v) is 9.04. The highest BCUT2D eigenvalue weighted by atomic mass is 28.4. The van der Waals surface area contributed by atoms with Gasteiger partial charge in [-0.3, -0.25) is 4.79 Å². The van der Waals surface area contributed by atoms with Crippen LogP contribution in [0, 0.1) is 0 Å². The molecule has 0 radical (unpaired) electrons. The molecule has 0 aliphatic rings. The van der Waals surface area contributed by atoms with Crippen LogP contribution in [0.3, 0.4) is 0 Å². The first-order valence-electron chi connectivity index (χ1n) is 5.25. The Morgan fingerprint density at radius 1 is 1.31 bits per heavy atom. The van der Waals surface area contributed by atoms with Crippen molar-refractivity contribution in [3.05, 3.63) is 29.8 Å². The molecule has 0 aliphatic carbocycles. The van der Waals surface area contributed by atoms with E-state index in [0.717, 1.165) is 11.3 Å². The normalized spacial score (nSPS) is 11.0. The molecule has 0 heterocycles. The second-order valence-electron chi connectivity index (χ2n) is 4.61. The smallest absolute Gasteiger partial charge is 0.296 e. The number of hydrogen-bond donors (Lipinski definition) is 0. The molecule has 0 unspecified atom stereocenters. The predicted molar refractivity (Wildman–Crippen MR) is 66.1 cm³/mol. The van der Waals surface area contributed by atoms with Crippen molar-refractivity contribution in [3.63, 3.8) is 0 Å². The lowest BCUT2D eigenvalue weighted by molar-refractivity contribution is -0.134. The number of hydrogen-bond acceptors (Lipinski definition) is 3. The summed E-state index contributed by atoms with van der Waals surface area (Å²) < 4.78 is 10.5. The van der Waals surface area contributed by atoms with Gasteiger partial charge in [0, 0.05) is 0 Å². The summed E-state index contributed by atoms with van der Waals surface area (Å²) in [5.41, 5.74) is 0.919. The van der Waals surface area contributed by atoms with E-state index in [9.17, 15) is 4.79 Å². The summed E-state index contributed by atoms with van der Waals surface area (Å²) in [6.45, 7) is 5.99. The summed E-state index contributed by atoms with van der Waals surface area (Å²) in [5.74, 6) is 0.603. The van der Waals surface area contributed by atoms with Crippen LogP contribution < -0.4 is 4.74 Å². The van der Waals surface area contributed by atoms with Gasteiger partial charge in [-0.15, -0.1) is 0 Å². The summed E-state index contributed by atoms with van der Waals surface area (Å²) in [5, 5.41) is 0. The maximum Gasteiger partial charge on any atom is 0.296 e. The summed E-state index contributed by atoms with van der Waals surface area (Å²) in [6, 6.07) is 7.47. The van der Waals surface area contributed by atoms with Gasteiger partial charge in [0.25, 0.3) is 5.97 Å². The molecule has 16 heavy (non-hydrogen) atoms. The molecule has 1 aromatic carbocycles. The van der Waals surface area contributed by atoms with Crippen molar-refractivity contribution in [2.75, 3.05) is 7.11 Å². The molecule has 0 bridgehead atoms. The standard InChI is InChI=1S/C12H18O3Si/c1-14-11-7-5-6-10(8-11)9-12(13)15-16(2,3)4/h5-8H,9H2,1-4H3. The van der Waals surface area contributed by atoms with Crippen LogP contribution in [0.4, 0.5) is 0 Å². The van der Waals surface area contributed by atoms with Crippen molar-refractivity contribution >= 4 is 14.3 Å². The Bertz CT molecular complexity index is 369. The maximum absolute atomic E-state index is 11.6. The van der Waals surface area contributed by atoms with E-state index in [4.69, 9.17) is 9.16 Å². The molecule has 88 valence electrons. The van der Waals surface area contributed by atoms with E-state index < -0.39 is 8.32 Å². The number of benzene rings is 1. The molecule has 0 fully saturated rings. The maximum atomic E-state index is 11.6. The number of ether oxygens (including phenoxy) is 1. The minimum atomic E-state index is -1.78. The van der Waals surface area contributed by atoms with E-state index in [-0.39, 0.29) is 5.97 Å². The third-order valence-electron chi connectivity index (χ3n) is 1.90. The molecular formula is C12H18O3Si. The first kappa shape index (κ1) is 12.8. The molecule has 4 heteroatoms. The number of carbonyl (C=O) groups excluding carboxylic acids is 1. The lowest BCUT2D eigenvalue weighted by atomic mass is 10.1. The summed E-state index contributed by atoms with van der Waals surface area (Å²) in [4.78, 5) is 11.6. The molecule has 1 rings (SSSR count). The summed E-state index contributed by atoms with van der Waals surface area (Å²) in [6.07, 6.45) is 0.307. The molecule has 0 spiro atoms. The summed E-state index contributed by atoms with van der Waals surface area (Å²) >= 11 is 0. The monoisotopic (exact) mass is 238 g/mol. The first-order valence-corrected chi connectivity index (χ1v) is 8.66. The van der Waals surface area contributed by atoms with Gasteiger partial charge in [-0.05, 0) is 37.3 Å². The Morgan fingerprint density at radius 2 is 2.00 bits per heavy atom. The minimum Gasteiger partial charge on any atom is -0.520 e. The molecule has 0 saturated carbocycles. The highest BCUT2D eigenvalue weighted by Gasteiger charge is 2.19. The summed E-state index contributed by atoms with van der Waals surface area (Å²) in [7, 11) is -0.166. The lowest BCUT2D eigenvalue weighted by Gasteiger charge is -2.17. The number of rotatable bonds is 4.